The Morgan fingerprint density at radius 3 is 1.83 bits per heavy atom. The summed E-state index contributed by atoms with van der Waals surface area (Å²) >= 11 is 0. The van der Waals surface area contributed by atoms with Crippen LogP contribution in [0.4, 0.5) is 0 Å². The predicted molar refractivity (Wildman–Crippen MR) is 122 cm³/mol. The molecule has 0 bridgehead atoms. The number of rotatable bonds is 10. The number of nitrogens with two attached hydrogens (primary N) is 1. The number of nitrogens with zero attached hydrogens (tertiary/aromatic N) is 3. The third-order valence-corrected chi connectivity index (χ3v) is 3.47. The summed E-state index contributed by atoms with van der Waals surface area (Å²) in [6, 6.07) is 15.2. The largest absolute Gasteiger partial charge is 0.494 e. The van der Waals surface area contributed by atoms with Gasteiger partial charge >= 0.3 is 0 Å². The lowest BCUT2D eigenvalue weighted by molar-refractivity contribution is 0.317. The van der Waals surface area contributed by atoms with Gasteiger partial charge in [-0.25, -0.2) is 5.43 Å². The van der Waals surface area contributed by atoms with E-state index in [0.717, 1.165) is 35.5 Å². The minimum absolute atomic E-state index is 0. The average Bonchev–Trinajstić information content (AvgIpc) is 2.72. The van der Waals surface area contributed by atoms with E-state index < -0.39 is 0 Å². The van der Waals surface area contributed by atoms with Crippen molar-refractivity contribution < 1.29 is 9.47 Å². The third kappa shape index (κ3) is 9.62. The van der Waals surface area contributed by atoms with Crippen molar-refractivity contribution in [2.75, 3.05) is 13.2 Å². The summed E-state index contributed by atoms with van der Waals surface area (Å²) in [6.45, 7) is 5.55. The molecule has 7 nitrogen and oxygen atoms in total. The van der Waals surface area contributed by atoms with Crippen LogP contribution in [0.1, 0.15) is 37.8 Å². The number of hydrogen-bond acceptors (Lipinski definition) is 5. The molecule has 156 valence electrons. The molecule has 0 aromatic heterocycles. The lowest BCUT2D eigenvalue weighted by Crippen LogP contribution is -2.26. The van der Waals surface area contributed by atoms with Crippen molar-refractivity contribution in [3.8, 4) is 11.5 Å². The van der Waals surface area contributed by atoms with E-state index in [2.05, 4.69) is 34.6 Å². The molecule has 0 aliphatic carbocycles. The van der Waals surface area contributed by atoms with Crippen molar-refractivity contribution in [2.24, 2.45) is 21.0 Å². The Labute approximate surface area is 178 Å². The fourth-order valence-electron chi connectivity index (χ4n) is 2.09. The molecule has 2 rings (SSSR count). The molecule has 8 heteroatoms. The van der Waals surface area contributed by atoms with E-state index in [1.807, 2.05) is 48.5 Å². The van der Waals surface area contributed by atoms with Gasteiger partial charge in [-0.3, -0.25) is 0 Å². The Balaban J connectivity index is 0.00000420. The fraction of sp³-hybridized carbons (Fsp3) is 0.286. The van der Waals surface area contributed by atoms with E-state index in [0.29, 0.717) is 13.2 Å². The molecule has 0 saturated carbocycles. The monoisotopic (exact) mass is 417 g/mol. The van der Waals surface area contributed by atoms with Crippen LogP contribution in [0.15, 0.2) is 63.8 Å². The predicted octanol–water partition coefficient (Wildman–Crippen LogP) is 3.96. The number of hydrazone groups is 1. The number of halogens is 1. The quantitative estimate of drug-likeness (QED) is 0.347. The van der Waals surface area contributed by atoms with E-state index in [4.69, 9.17) is 15.2 Å². The van der Waals surface area contributed by atoms with Gasteiger partial charge < -0.3 is 15.2 Å². The second-order valence-corrected chi connectivity index (χ2v) is 5.93. The molecule has 0 amide bonds. The molecule has 2 aromatic rings. The minimum atomic E-state index is 0. The summed E-state index contributed by atoms with van der Waals surface area (Å²) in [5.74, 6) is 1.77. The Hall–Kier alpha value is -3.06. The Kier molecular flexibility index (Phi) is 11.6. The highest BCUT2D eigenvalue weighted by Crippen LogP contribution is 2.12. The number of hydrogen-bond donors (Lipinski definition) is 2. The molecule has 29 heavy (non-hydrogen) atoms. The van der Waals surface area contributed by atoms with Crippen LogP contribution in [0.3, 0.4) is 0 Å². The molecule has 0 saturated heterocycles. The molecular formula is C21H28ClN5O2. The Morgan fingerprint density at radius 1 is 0.862 bits per heavy atom. The molecule has 0 atom stereocenters. The first-order valence-corrected chi connectivity index (χ1v) is 9.32. The third-order valence-electron chi connectivity index (χ3n) is 3.47. The van der Waals surface area contributed by atoms with Crippen LogP contribution in [-0.2, 0) is 0 Å². The summed E-state index contributed by atoms with van der Waals surface area (Å²) in [5, 5.41) is 11.8. The van der Waals surface area contributed by atoms with Crippen LogP contribution in [0, 0.1) is 0 Å². The SMILES string of the molecule is CCCOc1ccc(/C=N/N=C(N)N/N=C/c2ccc(OCCC)cc2)cc1.Cl. The summed E-state index contributed by atoms with van der Waals surface area (Å²) < 4.78 is 11.1. The molecule has 0 aliphatic heterocycles. The van der Waals surface area contributed by atoms with E-state index in [-0.39, 0.29) is 18.4 Å². The van der Waals surface area contributed by atoms with E-state index in [9.17, 15) is 0 Å². The molecule has 2 aromatic carbocycles. The summed E-state index contributed by atoms with van der Waals surface area (Å²) in [7, 11) is 0. The van der Waals surface area contributed by atoms with Crippen molar-refractivity contribution in [1.82, 2.24) is 5.43 Å². The molecule has 3 N–H and O–H groups in total. The van der Waals surface area contributed by atoms with E-state index >= 15 is 0 Å². The van der Waals surface area contributed by atoms with Gasteiger partial charge in [0, 0.05) is 0 Å². The van der Waals surface area contributed by atoms with Crippen LogP contribution in [0.25, 0.3) is 0 Å². The first-order chi connectivity index (χ1) is 13.7. The minimum Gasteiger partial charge on any atom is -0.494 e. The topological polar surface area (TPSA) is 93.6 Å². The first kappa shape index (κ1) is 24.0. The normalized spacial score (nSPS) is 11.4. The van der Waals surface area contributed by atoms with E-state index in [1.54, 1.807) is 12.4 Å². The average molecular weight is 418 g/mol. The number of ether oxygens (including phenoxy) is 2. The standard InChI is InChI=1S/C21H27N5O2.ClH/c1-3-13-27-19-9-5-17(6-10-19)15-23-25-21(22)26-24-16-18-7-11-20(12-8-18)28-14-4-2;/h5-12,15-16H,3-4,13-14H2,1-2H3,(H3,22,25,26);1H/b23-15+,24-16+;. The van der Waals surface area contributed by atoms with Gasteiger partial charge in [-0.15, -0.1) is 17.5 Å². The molecule has 0 heterocycles. The fourth-order valence-corrected chi connectivity index (χ4v) is 2.09. The maximum absolute atomic E-state index is 5.73. The second kappa shape index (κ2) is 14.0. The van der Waals surface area contributed by atoms with Gasteiger partial charge in [0.25, 0.3) is 0 Å². The van der Waals surface area contributed by atoms with Crippen molar-refractivity contribution in [1.29, 1.82) is 0 Å². The van der Waals surface area contributed by atoms with Crippen LogP contribution >= 0.6 is 12.4 Å². The Bertz CT molecular complexity index is 790. The molecule has 0 spiro atoms. The first-order valence-electron chi connectivity index (χ1n) is 9.32. The second-order valence-electron chi connectivity index (χ2n) is 5.93. The molecular weight excluding hydrogens is 390 g/mol. The summed E-state index contributed by atoms with van der Waals surface area (Å²) in [6.07, 6.45) is 5.21. The zero-order valence-corrected chi connectivity index (χ0v) is 17.6. The smallest absolute Gasteiger partial charge is 0.234 e. The van der Waals surface area contributed by atoms with Gasteiger partial charge in [0.1, 0.15) is 11.5 Å². The van der Waals surface area contributed by atoms with Gasteiger partial charge in [0.15, 0.2) is 0 Å². The number of nitrogens with one attached hydrogen (secondary N) is 1. The van der Waals surface area contributed by atoms with Crippen molar-refractivity contribution in [3.05, 3.63) is 59.7 Å². The summed E-state index contributed by atoms with van der Waals surface area (Å²) in [4.78, 5) is 0. The lowest BCUT2D eigenvalue weighted by atomic mass is 10.2. The maximum Gasteiger partial charge on any atom is 0.234 e. The Morgan fingerprint density at radius 2 is 1.34 bits per heavy atom. The molecule has 0 unspecified atom stereocenters. The van der Waals surface area contributed by atoms with Crippen molar-refractivity contribution in [2.45, 2.75) is 26.7 Å². The highest BCUT2D eigenvalue weighted by Gasteiger charge is 1.94. The zero-order chi connectivity index (χ0) is 20.0. The summed E-state index contributed by atoms with van der Waals surface area (Å²) in [5.41, 5.74) is 10.2. The van der Waals surface area contributed by atoms with Gasteiger partial charge in [-0.2, -0.15) is 10.2 Å². The van der Waals surface area contributed by atoms with Crippen LogP contribution < -0.4 is 20.6 Å². The number of benzene rings is 2. The van der Waals surface area contributed by atoms with Gasteiger partial charge in [0.2, 0.25) is 5.96 Å². The lowest BCUT2D eigenvalue weighted by Gasteiger charge is -2.04. The molecule has 0 aliphatic rings. The van der Waals surface area contributed by atoms with Crippen LogP contribution in [0.2, 0.25) is 0 Å². The van der Waals surface area contributed by atoms with Crippen molar-refractivity contribution in [3.63, 3.8) is 0 Å². The van der Waals surface area contributed by atoms with Crippen molar-refractivity contribution >= 4 is 30.8 Å². The van der Waals surface area contributed by atoms with Gasteiger partial charge in [-0.05, 0) is 72.5 Å². The highest BCUT2D eigenvalue weighted by molar-refractivity contribution is 5.85. The molecule has 0 radical (unpaired) electrons. The zero-order valence-electron chi connectivity index (χ0n) is 16.7. The van der Waals surface area contributed by atoms with Gasteiger partial charge in [0.05, 0.1) is 25.6 Å². The maximum atomic E-state index is 5.73. The molecule has 0 fully saturated rings. The number of guanidine groups is 1. The van der Waals surface area contributed by atoms with E-state index in [1.165, 1.54) is 0 Å². The highest BCUT2D eigenvalue weighted by atomic mass is 35.5. The van der Waals surface area contributed by atoms with Gasteiger partial charge in [-0.1, -0.05) is 13.8 Å². The van der Waals surface area contributed by atoms with Crippen LogP contribution in [-0.4, -0.2) is 31.6 Å². The van der Waals surface area contributed by atoms with Crippen LogP contribution in [0.5, 0.6) is 11.5 Å².